The highest BCUT2D eigenvalue weighted by Gasteiger charge is 2.20. The van der Waals surface area contributed by atoms with Crippen LogP contribution in [0.5, 0.6) is 0 Å². The van der Waals surface area contributed by atoms with E-state index in [1.54, 1.807) is 0 Å². The van der Waals surface area contributed by atoms with E-state index in [2.05, 4.69) is 234 Å². The Labute approximate surface area is 449 Å². The van der Waals surface area contributed by atoms with E-state index in [0.717, 1.165) is 71.7 Å². The number of benzene rings is 12. The normalized spacial score (nSPS) is 11.6. The van der Waals surface area contributed by atoms with Gasteiger partial charge < -0.3 is 8.83 Å². The average Bonchev–Trinajstić information content (AvgIpc) is 4.20. The van der Waals surface area contributed by atoms with Gasteiger partial charge in [-0.15, -0.1) is 0 Å². The zero-order valence-electron chi connectivity index (χ0n) is 42.3. The van der Waals surface area contributed by atoms with E-state index >= 15 is 0 Å². The number of hydrogen-bond donors (Lipinski definition) is 0. The van der Waals surface area contributed by atoms with Gasteiger partial charge in [-0.1, -0.05) is 212 Å². The van der Waals surface area contributed by atoms with Crippen LogP contribution in [0.2, 0.25) is 0 Å². The van der Waals surface area contributed by atoms with Crippen LogP contribution in [0.15, 0.2) is 288 Å². The smallest absolute Gasteiger partial charge is 0.143 e. The molecule has 0 aliphatic heterocycles. The molecule has 0 atom stereocenters. The quantitative estimate of drug-likeness (QED) is 0.156. The maximum atomic E-state index is 6.38. The zero-order valence-corrected chi connectivity index (χ0v) is 42.3. The zero-order chi connectivity index (χ0) is 51.5. The Kier molecular flexibility index (Phi) is 10.8. The minimum absolute atomic E-state index is 0.916. The lowest BCUT2D eigenvalue weighted by molar-refractivity contribution is 0.669. The largest absolute Gasteiger partial charge is 0.455 e. The number of furan rings is 2. The number of aromatic nitrogens is 2. The predicted octanol–water partition coefficient (Wildman–Crippen LogP) is 20.6. The first-order valence-corrected chi connectivity index (χ1v) is 26.4. The fourth-order valence-electron chi connectivity index (χ4n) is 12.2. The highest BCUT2D eigenvalue weighted by molar-refractivity contribution is 6.23. The molecule has 4 nitrogen and oxygen atoms in total. The predicted molar refractivity (Wildman–Crippen MR) is 326 cm³/mol. The van der Waals surface area contributed by atoms with Gasteiger partial charge in [0.15, 0.2) is 0 Å². The van der Waals surface area contributed by atoms with Crippen molar-refractivity contribution < 1.29 is 8.83 Å². The van der Waals surface area contributed by atoms with E-state index in [1.807, 2.05) is 55.1 Å². The van der Waals surface area contributed by atoms with Gasteiger partial charge in [-0.25, -0.2) is 0 Å². The third-order valence-corrected chi connectivity index (χ3v) is 15.5. The standard InChI is InChI=1S/2C37H23NO/c1-3-16-31-29(14-1)35(30-15-2-4-17-32(30)36(31)26-12-9-21-38-23-26)25-11-7-10-24(22-25)27-18-8-19-33-28-13-5-6-20-34(28)39-37(27)33;1-3-14-31-29(12-1)35(24-19-21-38-22-20-24)30-13-2-4-15-32(30)36(31)26-10-7-9-25(23-26)27-16-8-17-33-28-11-5-6-18-34(28)39-37(27)33/h2*1-23H. The summed E-state index contributed by atoms with van der Waals surface area (Å²) in [6, 6.07) is 90.4. The summed E-state index contributed by atoms with van der Waals surface area (Å²) < 4.78 is 12.8. The van der Waals surface area contributed by atoms with Crippen molar-refractivity contribution in [1.29, 1.82) is 0 Å². The molecule has 0 aliphatic carbocycles. The van der Waals surface area contributed by atoms with Crippen LogP contribution >= 0.6 is 0 Å². The number of nitrogens with zero attached hydrogens (tertiary/aromatic N) is 2. The fourth-order valence-corrected chi connectivity index (χ4v) is 12.2. The van der Waals surface area contributed by atoms with Crippen molar-refractivity contribution in [1.82, 2.24) is 9.97 Å². The summed E-state index contributed by atoms with van der Waals surface area (Å²) in [5.41, 5.74) is 17.8. The molecule has 0 unspecified atom stereocenters. The Morgan fingerprint density at radius 3 is 0.962 bits per heavy atom. The van der Waals surface area contributed by atoms with Crippen LogP contribution in [0.25, 0.3) is 154 Å². The molecule has 12 aromatic carbocycles. The molecule has 0 saturated heterocycles. The molecule has 78 heavy (non-hydrogen) atoms. The molecule has 0 saturated carbocycles. The molecule has 16 aromatic rings. The first kappa shape index (κ1) is 45.0. The molecule has 0 spiro atoms. The second kappa shape index (κ2) is 18.7. The van der Waals surface area contributed by atoms with Crippen LogP contribution in [-0.4, -0.2) is 9.97 Å². The Morgan fingerprint density at radius 2 is 0.551 bits per heavy atom. The van der Waals surface area contributed by atoms with Gasteiger partial charge in [0.2, 0.25) is 0 Å². The first-order chi connectivity index (χ1) is 38.7. The molecule has 364 valence electrons. The van der Waals surface area contributed by atoms with E-state index in [9.17, 15) is 0 Å². The molecule has 4 aromatic heterocycles. The molecule has 4 heterocycles. The Morgan fingerprint density at radius 1 is 0.218 bits per heavy atom. The van der Waals surface area contributed by atoms with Crippen LogP contribution < -0.4 is 0 Å². The summed E-state index contributed by atoms with van der Waals surface area (Å²) in [4.78, 5) is 8.69. The van der Waals surface area contributed by atoms with E-state index in [1.165, 1.54) is 82.0 Å². The fraction of sp³-hybridized carbons (Fsp3) is 0. The number of hydrogen-bond acceptors (Lipinski definition) is 4. The summed E-state index contributed by atoms with van der Waals surface area (Å²) in [5, 5.41) is 14.4. The summed E-state index contributed by atoms with van der Waals surface area (Å²) in [7, 11) is 0. The van der Waals surface area contributed by atoms with Crippen molar-refractivity contribution in [2.24, 2.45) is 0 Å². The lowest BCUT2D eigenvalue weighted by Crippen LogP contribution is -1.91. The molecule has 0 radical (unpaired) electrons. The van der Waals surface area contributed by atoms with Crippen molar-refractivity contribution in [3.05, 3.63) is 280 Å². The van der Waals surface area contributed by atoms with Gasteiger partial charge >= 0.3 is 0 Å². The third-order valence-electron chi connectivity index (χ3n) is 15.5. The van der Waals surface area contributed by atoms with Crippen LogP contribution in [0.4, 0.5) is 0 Å². The van der Waals surface area contributed by atoms with Gasteiger partial charge in [-0.05, 0) is 136 Å². The molecule has 0 amide bonds. The van der Waals surface area contributed by atoms with Gasteiger partial charge in [0, 0.05) is 63.0 Å². The lowest BCUT2D eigenvalue weighted by atomic mass is 9.85. The molecular weight excluding hydrogens is 949 g/mol. The van der Waals surface area contributed by atoms with Gasteiger partial charge in [0.05, 0.1) is 0 Å². The van der Waals surface area contributed by atoms with E-state index in [-0.39, 0.29) is 0 Å². The average molecular weight is 995 g/mol. The van der Waals surface area contributed by atoms with Crippen LogP contribution in [0, 0.1) is 0 Å². The monoisotopic (exact) mass is 994 g/mol. The maximum Gasteiger partial charge on any atom is 0.143 e. The minimum atomic E-state index is 0.916. The van der Waals surface area contributed by atoms with Crippen molar-refractivity contribution in [3.8, 4) is 66.8 Å². The SMILES string of the molecule is c1cc(-c2c3ccccc3c(-c3ccncc3)c3ccccc23)cc(-c2cccc3c2oc2ccccc23)c1.c1cncc(-c2c3ccccc3c(-c3cccc(-c4cccc5c4oc4ccccc45)c3)c3ccccc23)c1. The highest BCUT2D eigenvalue weighted by Crippen LogP contribution is 2.47. The summed E-state index contributed by atoms with van der Waals surface area (Å²) >= 11 is 0. The summed E-state index contributed by atoms with van der Waals surface area (Å²) in [6.07, 6.45) is 7.53. The molecule has 4 heteroatoms. The molecule has 16 rings (SSSR count). The maximum absolute atomic E-state index is 6.38. The Hall–Kier alpha value is -10.4. The van der Waals surface area contributed by atoms with Crippen molar-refractivity contribution >= 4 is 87.0 Å². The number of pyridine rings is 2. The van der Waals surface area contributed by atoms with Gasteiger partial charge in [0.1, 0.15) is 22.3 Å². The second-order valence-corrected chi connectivity index (χ2v) is 19.9. The molecule has 0 aliphatic rings. The van der Waals surface area contributed by atoms with Crippen molar-refractivity contribution in [3.63, 3.8) is 0 Å². The van der Waals surface area contributed by atoms with Crippen LogP contribution in [-0.2, 0) is 0 Å². The first-order valence-electron chi connectivity index (χ1n) is 26.4. The summed E-state index contributed by atoms with van der Waals surface area (Å²) in [5.74, 6) is 0. The lowest BCUT2D eigenvalue weighted by Gasteiger charge is -2.18. The third kappa shape index (κ3) is 7.45. The van der Waals surface area contributed by atoms with Crippen molar-refractivity contribution in [2.75, 3.05) is 0 Å². The van der Waals surface area contributed by atoms with E-state index in [4.69, 9.17) is 8.83 Å². The van der Waals surface area contributed by atoms with E-state index < -0.39 is 0 Å². The second-order valence-electron chi connectivity index (χ2n) is 19.9. The van der Waals surface area contributed by atoms with Crippen LogP contribution in [0.1, 0.15) is 0 Å². The molecular formula is C74H46N2O2. The topological polar surface area (TPSA) is 52.1 Å². The van der Waals surface area contributed by atoms with Crippen molar-refractivity contribution in [2.45, 2.75) is 0 Å². The van der Waals surface area contributed by atoms with Gasteiger partial charge in [0.25, 0.3) is 0 Å². The number of rotatable bonds is 6. The van der Waals surface area contributed by atoms with Crippen LogP contribution in [0.3, 0.4) is 0 Å². The molecule has 0 N–H and O–H groups in total. The van der Waals surface area contributed by atoms with Gasteiger partial charge in [-0.3, -0.25) is 9.97 Å². The van der Waals surface area contributed by atoms with E-state index in [0.29, 0.717) is 0 Å². The molecule has 0 bridgehead atoms. The Bertz CT molecular complexity index is 4550. The Balaban J connectivity index is 0.000000136. The summed E-state index contributed by atoms with van der Waals surface area (Å²) in [6.45, 7) is 0. The number of fused-ring (bicyclic) bond motifs is 10. The minimum Gasteiger partial charge on any atom is -0.455 e. The highest BCUT2D eigenvalue weighted by atomic mass is 16.3. The molecule has 0 fully saturated rings. The number of para-hydroxylation sites is 4. The van der Waals surface area contributed by atoms with Gasteiger partial charge in [-0.2, -0.15) is 0 Å².